The van der Waals surface area contributed by atoms with Crippen LogP contribution in [0.4, 0.5) is 5.69 Å². The summed E-state index contributed by atoms with van der Waals surface area (Å²) < 4.78 is 0. The maximum atomic E-state index is 13.6. The number of piperazine rings is 1. The largest absolute Gasteiger partial charge is 0.396 e. The normalized spacial score (nSPS) is 19.9. The highest BCUT2D eigenvalue weighted by Crippen LogP contribution is 2.43. The van der Waals surface area contributed by atoms with Gasteiger partial charge in [-0.05, 0) is 36.5 Å². The minimum Gasteiger partial charge on any atom is -0.396 e. The molecule has 1 fully saturated rings. The molecule has 0 bridgehead atoms. The number of nitrogens with one attached hydrogen (secondary N) is 1. The lowest BCUT2D eigenvalue weighted by Gasteiger charge is -2.47. The molecule has 2 atom stereocenters. The van der Waals surface area contributed by atoms with Crippen molar-refractivity contribution in [2.24, 2.45) is 0 Å². The zero-order chi connectivity index (χ0) is 23.8. The van der Waals surface area contributed by atoms with Crippen LogP contribution in [0.2, 0.25) is 0 Å². The summed E-state index contributed by atoms with van der Waals surface area (Å²) in [5, 5.41) is 21.5. The Balaban J connectivity index is 1.59. The molecule has 0 aliphatic carbocycles. The third kappa shape index (κ3) is 3.71. The van der Waals surface area contributed by atoms with E-state index in [1.54, 1.807) is 21.9 Å². The van der Waals surface area contributed by atoms with E-state index in [-0.39, 0.29) is 30.7 Å². The molecule has 0 saturated carbocycles. The number of aromatic nitrogens is 1. The van der Waals surface area contributed by atoms with Gasteiger partial charge in [-0.15, -0.1) is 0 Å². The van der Waals surface area contributed by atoms with Gasteiger partial charge in [0.25, 0.3) is 5.69 Å². The van der Waals surface area contributed by atoms with E-state index in [1.165, 1.54) is 12.1 Å². The van der Waals surface area contributed by atoms with Gasteiger partial charge in [-0.1, -0.05) is 30.3 Å². The number of H-pyrrole nitrogens is 1. The van der Waals surface area contributed by atoms with Gasteiger partial charge in [0, 0.05) is 48.3 Å². The molecule has 9 heteroatoms. The highest BCUT2D eigenvalue weighted by atomic mass is 16.6. The van der Waals surface area contributed by atoms with Crippen molar-refractivity contribution in [3.05, 3.63) is 75.5 Å². The Morgan fingerprint density at radius 2 is 1.91 bits per heavy atom. The van der Waals surface area contributed by atoms with Crippen molar-refractivity contribution in [1.29, 1.82) is 0 Å². The molecule has 34 heavy (non-hydrogen) atoms. The number of fused-ring (bicyclic) bond motifs is 4. The van der Waals surface area contributed by atoms with Gasteiger partial charge in [-0.2, -0.15) is 0 Å². The predicted octanol–water partition coefficient (Wildman–Crippen LogP) is 2.92. The number of hydrogen-bond donors (Lipinski definition) is 2. The van der Waals surface area contributed by atoms with Crippen LogP contribution in [0.15, 0.2) is 48.5 Å². The van der Waals surface area contributed by atoms with Crippen LogP contribution in [0.5, 0.6) is 0 Å². The molecule has 2 N–H and O–H groups in total. The van der Waals surface area contributed by atoms with Crippen LogP contribution in [-0.2, 0) is 16.0 Å². The number of aliphatic hydroxyl groups is 1. The molecule has 2 aromatic carbocycles. The second-order valence-electron chi connectivity index (χ2n) is 8.88. The number of amides is 2. The molecule has 1 aromatic heterocycles. The van der Waals surface area contributed by atoms with E-state index >= 15 is 0 Å². The summed E-state index contributed by atoms with van der Waals surface area (Å²) >= 11 is 0. The van der Waals surface area contributed by atoms with E-state index < -0.39 is 17.0 Å². The zero-order valence-corrected chi connectivity index (χ0v) is 18.6. The number of aliphatic hydroxyl groups excluding tert-OH is 1. The number of unbranched alkanes of at least 4 members (excludes halogenated alkanes) is 2. The topological polar surface area (TPSA) is 120 Å². The van der Waals surface area contributed by atoms with Crippen LogP contribution in [0, 0.1) is 10.1 Å². The van der Waals surface area contributed by atoms with Crippen LogP contribution in [0.3, 0.4) is 0 Å². The van der Waals surface area contributed by atoms with E-state index in [0.29, 0.717) is 24.9 Å². The van der Waals surface area contributed by atoms with Crippen LogP contribution < -0.4 is 0 Å². The molecule has 9 nitrogen and oxygen atoms in total. The molecule has 176 valence electrons. The van der Waals surface area contributed by atoms with E-state index in [1.807, 2.05) is 24.3 Å². The van der Waals surface area contributed by atoms with E-state index in [4.69, 9.17) is 5.11 Å². The molecule has 0 radical (unpaired) electrons. The number of para-hydroxylation sites is 1. The second-order valence-corrected chi connectivity index (χ2v) is 8.88. The van der Waals surface area contributed by atoms with E-state index in [9.17, 15) is 19.7 Å². The fourth-order valence-corrected chi connectivity index (χ4v) is 5.26. The van der Waals surface area contributed by atoms with Gasteiger partial charge < -0.3 is 19.9 Å². The second kappa shape index (κ2) is 8.90. The summed E-state index contributed by atoms with van der Waals surface area (Å²) in [6.45, 7) is 0.560. The summed E-state index contributed by atoms with van der Waals surface area (Å²) in [7, 11) is 0. The Bertz CT molecular complexity index is 1270. The molecular weight excluding hydrogens is 436 g/mol. The van der Waals surface area contributed by atoms with Gasteiger partial charge in [0.05, 0.1) is 17.5 Å². The molecule has 1 saturated heterocycles. The maximum Gasteiger partial charge on any atom is 0.269 e. The molecule has 2 aliphatic rings. The number of hydrogen-bond acceptors (Lipinski definition) is 5. The number of non-ortho nitro benzene ring substituents is 1. The average Bonchev–Trinajstić information content (AvgIpc) is 3.22. The monoisotopic (exact) mass is 462 g/mol. The number of rotatable bonds is 7. The first-order valence-corrected chi connectivity index (χ1v) is 11.5. The number of carbonyl (C=O) groups is 2. The fourth-order valence-electron chi connectivity index (χ4n) is 5.26. The third-order valence-electron chi connectivity index (χ3n) is 6.83. The Labute approximate surface area is 196 Å². The summed E-state index contributed by atoms with van der Waals surface area (Å²) in [6, 6.07) is 12.8. The highest BCUT2D eigenvalue weighted by molar-refractivity contribution is 5.97. The van der Waals surface area contributed by atoms with Gasteiger partial charge in [-0.25, -0.2) is 0 Å². The van der Waals surface area contributed by atoms with Gasteiger partial charge in [0.1, 0.15) is 6.04 Å². The minimum atomic E-state index is -0.671. The molecule has 0 spiro atoms. The number of nitrogens with zero attached hydrogens (tertiary/aromatic N) is 3. The number of benzene rings is 2. The standard InChI is InChI=1S/C25H26N4O5/c30-12-5-1-4-11-27-15-22(31)28-21(25(27)32)14-19-18-9-2-3-10-20(18)26-23(19)24(28)16-7-6-8-17(13-16)29(33)34/h2-3,6-10,13,21,24,26,30H,1,4-5,11-12,14-15H2/t21-,24+/m0/s1. The molecule has 3 heterocycles. The molecule has 2 amide bonds. The molecule has 2 aliphatic heterocycles. The summed E-state index contributed by atoms with van der Waals surface area (Å²) in [5.41, 5.74) is 3.22. The Morgan fingerprint density at radius 3 is 2.71 bits per heavy atom. The van der Waals surface area contributed by atoms with E-state index in [0.717, 1.165) is 35.0 Å². The fraction of sp³-hybridized carbons (Fsp3) is 0.360. The van der Waals surface area contributed by atoms with Crippen molar-refractivity contribution in [2.75, 3.05) is 19.7 Å². The van der Waals surface area contributed by atoms with Crippen molar-refractivity contribution < 1.29 is 19.6 Å². The predicted molar refractivity (Wildman–Crippen MR) is 125 cm³/mol. The van der Waals surface area contributed by atoms with Crippen LogP contribution in [0.1, 0.15) is 42.1 Å². The number of nitro benzene ring substituents is 1. The third-order valence-corrected chi connectivity index (χ3v) is 6.83. The van der Waals surface area contributed by atoms with Gasteiger partial charge in [0.15, 0.2) is 0 Å². The highest BCUT2D eigenvalue weighted by Gasteiger charge is 2.48. The molecule has 5 rings (SSSR count). The Morgan fingerprint density at radius 1 is 1.09 bits per heavy atom. The van der Waals surface area contributed by atoms with Crippen LogP contribution >= 0.6 is 0 Å². The average molecular weight is 463 g/mol. The molecular formula is C25H26N4O5. The molecule has 0 unspecified atom stereocenters. The minimum absolute atomic E-state index is 0.0184. The van der Waals surface area contributed by atoms with Crippen molar-refractivity contribution in [2.45, 2.75) is 37.8 Å². The quantitative estimate of drug-likeness (QED) is 0.318. The summed E-state index contributed by atoms with van der Waals surface area (Å²) in [5.74, 6) is -0.275. The first-order chi connectivity index (χ1) is 16.5. The number of nitro groups is 1. The lowest BCUT2D eigenvalue weighted by molar-refractivity contribution is -0.384. The zero-order valence-electron chi connectivity index (χ0n) is 18.6. The van der Waals surface area contributed by atoms with Crippen molar-refractivity contribution >= 4 is 28.4 Å². The number of aromatic amines is 1. The first kappa shape index (κ1) is 22.1. The lowest BCUT2D eigenvalue weighted by Crippen LogP contribution is -2.63. The van der Waals surface area contributed by atoms with Crippen molar-refractivity contribution in [3.63, 3.8) is 0 Å². The van der Waals surface area contributed by atoms with Gasteiger partial charge >= 0.3 is 0 Å². The van der Waals surface area contributed by atoms with Crippen LogP contribution in [0.25, 0.3) is 10.9 Å². The van der Waals surface area contributed by atoms with Crippen LogP contribution in [-0.4, -0.2) is 62.4 Å². The number of carbonyl (C=O) groups excluding carboxylic acids is 2. The lowest BCUT2D eigenvalue weighted by atomic mass is 9.86. The maximum absolute atomic E-state index is 13.6. The molecule has 3 aromatic rings. The first-order valence-electron chi connectivity index (χ1n) is 11.5. The SMILES string of the molecule is O=C1[C@@H]2Cc3c([nH]c4ccccc34)[C@@H](c3cccc([N+](=O)[O-])c3)N2C(=O)CN1CCCCCO. The van der Waals surface area contributed by atoms with Crippen molar-refractivity contribution in [1.82, 2.24) is 14.8 Å². The summed E-state index contributed by atoms with van der Waals surface area (Å²) in [6.07, 6.45) is 2.56. The smallest absolute Gasteiger partial charge is 0.269 e. The van der Waals surface area contributed by atoms with E-state index in [2.05, 4.69) is 4.98 Å². The van der Waals surface area contributed by atoms with Gasteiger partial charge in [0.2, 0.25) is 11.8 Å². The Kier molecular flexibility index (Phi) is 5.79. The summed E-state index contributed by atoms with van der Waals surface area (Å²) in [4.78, 5) is 44.7. The van der Waals surface area contributed by atoms with Crippen molar-refractivity contribution in [3.8, 4) is 0 Å². The Hall–Kier alpha value is -3.72. The van der Waals surface area contributed by atoms with Gasteiger partial charge in [-0.3, -0.25) is 19.7 Å².